The smallest absolute Gasteiger partial charge is 0.264 e. The van der Waals surface area contributed by atoms with E-state index in [9.17, 15) is 13.6 Å². The molecule has 1 atom stereocenters. The van der Waals surface area contributed by atoms with Crippen molar-refractivity contribution in [2.75, 3.05) is 6.61 Å². The third-order valence-corrected chi connectivity index (χ3v) is 5.33. The van der Waals surface area contributed by atoms with Crippen molar-refractivity contribution in [3.63, 3.8) is 0 Å². The van der Waals surface area contributed by atoms with E-state index in [1.165, 1.54) is 10.7 Å². The molecule has 8 heteroatoms. The zero-order chi connectivity index (χ0) is 21.4. The largest absolute Gasteiger partial charge is 0.467 e. The van der Waals surface area contributed by atoms with Gasteiger partial charge in [-0.25, -0.2) is 8.78 Å². The fraction of sp³-hybridized carbons (Fsp3) is 0.409. The second-order valence-electron chi connectivity index (χ2n) is 7.82. The average Bonchev–Trinajstić information content (AvgIpc) is 3.50. The monoisotopic (exact) mass is 414 g/mol. The minimum atomic E-state index is -2.69. The van der Waals surface area contributed by atoms with Crippen LogP contribution in [0.4, 0.5) is 8.78 Å². The van der Waals surface area contributed by atoms with Crippen LogP contribution in [0.25, 0.3) is 11.0 Å². The number of hydrogen-bond acceptors (Lipinski definition) is 4. The summed E-state index contributed by atoms with van der Waals surface area (Å²) in [5, 5.41) is 7.64. The summed E-state index contributed by atoms with van der Waals surface area (Å²) in [6.07, 6.45) is -0.784. The lowest BCUT2D eigenvalue weighted by atomic mass is 10.1. The van der Waals surface area contributed by atoms with Crippen molar-refractivity contribution in [2.24, 2.45) is 7.05 Å². The lowest BCUT2D eigenvalue weighted by Gasteiger charge is -2.15. The topological polar surface area (TPSA) is 69.0 Å². The first-order chi connectivity index (χ1) is 14.3. The van der Waals surface area contributed by atoms with E-state index in [-0.39, 0.29) is 35.9 Å². The molecule has 0 aliphatic heterocycles. The maximum absolute atomic E-state index is 13.7. The van der Waals surface area contributed by atoms with Crippen molar-refractivity contribution in [3.05, 3.63) is 52.7 Å². The van der Waals surface area contributed by atoms with Gasteiger partial charge in [-0.15, -0.1) is 0 Å². The maximum atomic E-state index is 13.7. The highest BCUT2D eigenvalue weighted by molar-refractivity contribution is 5.84. The zero-order valence-corrected chi connectivity index (χ0v) is 17.2. The van der Waals surface area contributed by atoms with Gasteiger partial charge in [0, 0.05) is 24.6 Å². The summed E-state index contributed by atoms with van der Waals surface area (Å²) in [4.78, 5) is 16.6. The van der Waals surface area contributed by atoms with Crippen LogP contribution >= 0.6 is 0 Å². The van der Waals surface area contributed by atoms with Crippen LogP contribution in [0.2, 0.25) is 0 Å². The Kier molecular flexibility index (Phi) is 5.40. The number of carbonyl (C=O) groups is 1. The van der Waals surface area contributed by atoms with Crippen LogP contribution < -0.4 is 10.1 Å². The fourth-order valence-electron chi connectivity index (χ4n) is 3.53. The van der Waals surface area contributed by atoms with Crippen LogP contribution in [0, 0.1) is 6.92 Å². The van der Waals surface area contributed by atoms with Crippen molar-refractivity contribution in [1.29, 1.82) is 0 Å². The molecule has 0 unspecified atom stereocenters. The molecule has 0 saturated heterocycles. The molecule has 1 N–H and O–H groups in total. The molecule has 158 valence electrons. The zero-order valence-electron chi connectivity index (χ0n) is 17.2. The van der Waals surface area contributed by atoms with Crippen LogP contribution in [0.3, 0.4) is 0 Å². The lowest BCUT2D eigenvalue weighted by Crippen LogP contribution is -2.31. The highest BCUT2D eigenvalue weighted by Gasteiger charge is 2.32. The van der Waals surface area contributed by atoms with Crippen molar-refractivity contribution in [1.82, 2.24) is 20.1 Å². The Morgan fingerprint density at radius 3 is 2.63 bits per heavy atom. The normalized spacial score (nSPS) is 14.9. The summed E-state index contributed by atoms with van der Waals surface area (Å²) in [5.41, 5.74) is 2.97. The molecule has 1 fully saturated rings. The molecule has 1 aliphatic rings. The number of fused-ring (bicyclic) bond motifs is 1. The summed E-state index contributed by atoms with van der Waals surface area (Å²) in [7, 11) is 1.68. The van der Waals surface area contributed by atoms with Crippen LogP contribution in [-0.2, 0) is 11.8 Å². The summed E-state index contributed by atoms with van der Waals surface area (Å²) in [5.74, 6) is -0.151. The first-order valence-electron chi connectivity index (χ1n) is 9.98. The minimum Gasteiger partial charge on any atom is -0.467 e. The molecule has 6 nitrogen and oxygen atoms in total. The number of benzene rings is 1. The van der Waals surface area contributed by atoms with E-state index in [0.717, 1.165) is 24.0 Å². The third kappa shape index (κ3) is 4.13. The van der Waals surface area contributed by atoms with Crippen molar-refractivity contribution in [3.8, 4) is 5.88 Å². The van der Waals surface area contributed by atoms with Crippen molar-refractivity contribution in [2.45, 2.75) is 45.1 Å². The maximum Gasteiger partial charge on any atom is 0.264 e. The molecule has 0 spiro atoms. The summed E-state index contributed by atoms with van der Waals surface area (Å²) < 4.78 is 34.4. The van der Waals surface area contributed by atoms with Gasteiger partial charge in [0.25, 0.3) is 12.3 Å². The van der Waals surface area contributed by atoms with Gasteiger partial charge in [-0.05, 0) is 32.3 Å². The molecular weight excluding hydrogens is 390 g/mol. The summed E-state index contributed by atoms with van der Waals surface area (Å²) in [6.45, 7) is 3.55. The van der Waals surface area contributed by atoms with Crippen LogP contribution in [0.15, 0.2) is 30.3 Å². The average molecular weight is 414 g/mol. The van der Waals surface area contributed by atoms with Gasteiger partial charge >= 0.3 is 0 Å². The van der Waals surface area contributed by atoms with E-state index in [1.807, 2.05) is 38.1 Å². The van der Waals surface area contributed by atoms with Gasteiger partial charge in [0.15, 0.2) is 12.3 Å². The number of nitrogens with one attached hydrogen (secondary N) is 1. The number of aromatic nitrogens is 3. The first-order valence-corrected chi connectivity index (χ1v) is 9.98. The quantitative estimate of drug-likeness (QED) is 0.624. The minimum absolute atomic E-state index is 0.0127. The molecule has 2 aromatic heterocycles. The number of carbonyl (C=O) groups excluding carboxylic acids is 1. The molecule has 1 amide bonds. The second kappa shape index (κ2) is 8.01. The number of pyridine rings is 1. The Balaban J connectivity index is 1.49. The number of hydrogen-bond donors (Lipinski definition) is 1. The Hall–Kier alpha value is -3.03. The van der Waals surface area contributed by atoms with Gasteiger partial charge in [-0.3, -0.25) is 9.48 Å². The SMILES string of the molecule is Cc1ccc([C@H](C)NC(=O)COc2cc(C(F)F)c3c(C4CC4)nn(C)c3n2)cc1. The molecule has 0 radical (unpaired) electrons. The Morgan fingerprint density at radius 2 is 2.00 bits per heavy atom. The lowest BCUT2D eigenvalue weighted by molar-refractivity contribution is -0.123. The van der Waals surface area contributed by atoms with E-state index in [0.29, 0.717) is 16.7 Å². The number of ether oxygens (including phenoxy) is 1. The molecule has 1 aromatic carbocycles. The highest BCUT2D eigenvalue weighted by Crippen LogP contribution is 2.44. The predicted octanol–water partition coefficient (Wildman–Crippen LogP) is 4.35. The number of amides is 1. The summed E-state index contributed by atoms with van der Waals surface area (Å²) >= 11 is 0. The van der Waals surface area contributed by atoms with E-state index < -0.39 is 6.43 Å². The van der Waals surface area contributed by atoms with Gasteiger partial charge in [0.05, 0.1) is 17.1 Å². The Bertz CT molecular complexity index is 1070. The number of nitrogens with zero attached hydrogens (tertiary/aromatic N) is 3. The number of rotatable bonds is 7. The van der Waals surface area contributed by atoms with E-state index in [4.69, 9.17) is 4.74 Å². The molecule has 3 aromatic rings. The summed E-state index contributed by atoms with van der Waals surface area (Å²) in [6, 6.07) is 8.87. The predicted molar refractivity (Wildman–Crippen MR) is 109 cm³/mol. The highest BCUT2D eigenvalue weighted by atomic mass is 19.3. The van der Waals surface area contributed by atoms with Crippen LogP contribution in [0.1, 0.15) is 60.5 Å². The number of alkyl halides is 2. The Morgan fingerprint density at radius 1 is 1.30 bits per heavy atom. The fourth-order valence-corrected chi connectivity index (χ4v) is 3.53. The molecule has 30 heavy (non-hydrogen) atoms. The molecule has 1 saturated carbocycles. The van der Waals surface area contributed by atoms with E-state index in [1.54, 1.807) is 7.05 Å². The van der Waals surface area contributed by atoms with Gasteiger partial charge in [0.2, 0.25) is 5.88 Å². The van der Waals surface area contributed by atoms with E-state index >= 15 is 0 Å². The molecular formula is C22H24F2N4O2. The van der Waals surface area contributed by atoms with Crippen LogP contribution in [-0.4, -0.2) is 27.3 Å². The molecule has 4 rings (SSSR count). The second-order valence-corrected chi connectivity index (χ2v) is 7.82. The molecule has 1 aliphatic carbocycles. The standard InChI is InChI=1S/C22H24F2N4O2/c1-12-4-6-14(7-5-12)13(2)25-17(29)11-30-18-10-16(21(23)24)19-20(15-8-9-15)27-28(3)22(19)26-18/h4-7,10,13,15,21H,8-9,11H2,1-3H3,(H,25,29)/t13-/m0/s1. The van der Waals surface area contributed by atoms with Gasteiger partial charge in [-0.2, -0.15) is 10.1 Å². The third-order valence-electron chi connectivity index (χ3n) is 5.33. The van der Waals surface area contributed by atoms with Gasteiger partial charge in [0.1, 0.15) is 0 Å². The van der Waals surface area contributed by atoms with Crippen molar-refractivity contribution < 1.29 is 18.3 Å². The molecule has 2 heterocycles. The van der Waals surface area contributed by atoms with E-state index in [2.05, 4.69) is 15.4 Å². The first kappa shape index (κ1) is 20.3. The van der Waals surface area contributed by atoms with Gasteiger partial charge < -0.3 is 10.1 Å². The Labute approximate surface area is 173 Å². The van der Waals surface area contributed by atoms with Gasteiger partial charge in [-0.1, -0.05) is 29.8 Å². The van der Waals surface area contributed by atoms with Crippen molar-refractivity contribution >= 4 is 16.9 Å². The molecule has 0 bridgehead atoms. The number of halogens is 2. The number of aryl methyl sites for hydroxylation is 2. The van der Waals surface area contributed by atoms with Crippen LogP contribution in [0.5, 0.6) is 5.88 Å².